The zero-order chi connectivity index (χ0) is 18.6. The van der Waals surface area contributed by atoms with Crippen LogP contribution in [0.3, 0.4) is 0 Å². The summed E-state index contributed by atoms with van der Waals surface area (Å²) in [5.74, 6) is 0.234. The molecule has 0 aliphatic heterocycles. The summed E-state index contributed by atoms with van der Waals surface area (Å²) >= 11 is 0. The van der Waals surface area contributed by atoms with Crippen LogP contribution in [0.5, 0.6) is 0 Å². The van der Waals surface area contributed by atoms with Crippen molar-refractivity contribution in [3.8, 4) is 0 Å². The predicted molar refractivity (Wildman–Crippen MR) is 103 cm³/mol. The highest BCUT2D eigenvalue weighted by Crippen LogP contribution is 2.21. The lowest BCUT2D eigenvalue weighted by molar-refractivity contribution is 0.636. The number of benzene rings is 2. The molecule has 0 aliphatic carbocycles. The Labute approximate surface area is 155 Å². The Morgan fingerprint density at radius 3 is 2.56 bits per heavy atom. The van der Waals surface area contributed by atoms with E-state index in [2.05, 4.69) is 15.3 Å². The smallest absolute Gasteiger partial charge is 0.250 e. The van der Waals surface area contributed by atoms with Crippen LogP contribution in [0.2, 0.25) is 0 Å². The first-order chi connectivity index (χ1) is 13.2. The average molecular weight is 360 g/mol. The van der Waals surface area contributed by atoms with Gasteiger partial charge in [-0.05, 0) is 29.3 Å². The van der Waals surface area contributed by atoms with Crippen LogP contribution in [0.25, 0.3) is 10.9 Å². The van der Waals surface area contributed by atoms with Crippen LogP contribution >= 0.6 is 0 Å². The van der Waals surface area contributed by atoms with E-state index in [0.29, 0.717) is 29.8 Å². The molecule has 0 unspecified atom stereocenters. The summed E-state index contributed by atoms with van der Waals surface area (Å²) in [6.45, 7) is 1.08. The van der Waals surface area contributed by atoms with Crippen LogP contribution in [0.15, 0.2) is 78.0 Å². The fourth-order valence-corrected chi connectivity index (χ4v) is 2.93. The van der Waals surface area contributed by atoms with Crippen LogP contribution in [0.1, 0.15) is 11.1 Å². The second kappa shape index (κ2) is 7.37. The van der Waals surface area contributed by atoms with Gasteiger partial charge in [-0.25, -0.2) is 14.4 Å². The lowest BCUT2D eigenvalue weighted by Gasteiger charge is -2.10. The van der Waals surface area contributed by atoms with Gasteiger partial charge in [0.15, 0.2) is 0 Å². The maximum absolute atomic E-state index is 13.8. The first-order valence-corrected chi connectivity index (χ1v) is 8.57. The summed E-state index contributed by atoms with van der Waals surface area (Å²) in [7, 11) is 0. The van der Waals surface area contributed by atoms with Crippen LogP contribution in [0, 0.1) is 5.82 Å². The summed E-state index contributed by atoms with van der Waals surface area (Å²) in [5.41, 5.74) is 2.38. The molecule has 4 aromatic rings. The minimum absolute atomic E-state index is 0.0221. The normalized spacial score (nSPS) is 10.9. The average Bonchev–Trinajstić information content (AvgIpc) is 2.70. The summed E-state index contributed by atoms with van der Waals surface area (Å²) in [4.78, 5) is 20.0. The third-order valence-corrected chi connectivity index (χ3v) is 4.35. The largest absolute Gasteiger partial charge is 0.365 e. The maximum atomic E-state index is 13.8. The number of halogens is 1. The fourth-order valence-electron chi connectivity index (χ4n) is 2.93. The van der Waals surface area contributed by atoms with Crippen molar-refractivity contribution in [1.82, 2.24) is 14.5 Å². The Bertz CT molecular complexity index is 1140. The summed E-state index contributed by atoms with van der Waals surface area (Å²) in [5, 5.41) is 3.89. The number of hydrogen-bond acceptors (Lipinski definition) is 4. The first kappa shape index (κ1) is 16.9. The number of fused-ring (bicyclic) bond motifs is 1. The molecule has 27 heavy (non-hydrogen) atoms. The van der Waals surface area contributed by atoms with Gasteiger partial charge in [0.2, 0.25) is 0 Å². The second-order valence-electron chi connectivity index (χ2n) is 6.20. The fraction of sp³-hybridized carbons (Fsp3) is 0.0952. The van der Waals surface area contributed by atoms with Gasteiger partial charge >= 0.3 is 0 Å². The summed E-state index contributed by atoms with van der Waals surface area (Å²) in [6.07, 6.45) is 3.13. The van der Waals surface area contributed by atoms with E-state index in [0.717, 1.165) is 11.1 Å². The van der Waals surface area contributed by atoms with E-state index >= 15 is 0 Å². The Morgan fingerprint density at radius 1 is 0.926 bits per heavy atom. The molecule has 0 saturated carbocycles. The minimum atomic E-state index is -0.363. The number of anilines is 1. The third-order valence-electron chi connectivity index (χ3n) is 4.35. The van der Waals surface area contributed by atoms with Crippen LogP contribution in [-0.4, -0.2) is 14.5 Å². The van der Waals surface area contributed by atoms with E-state index in [1.807, 2.05) is 30.3 Å². The molecule has 2 heterocycles. The molecule has 5 nitrogen and oxygen atoms in total. The highest BCUT2D eigenvalue weighted by Gasteiger charge is 2.07. The van der Waals surface area contributed by atoms with Gasteiger partial charge < -0.3 is 9.88 Å². The lowest BCUT2D eigenvalue weighted by Crippen LogP contribution is -2.18. The first-order valence-electron chi connectivity index (χ1n) is 8.57. The molecule has 2 aromatic heterocycles. The highest BCUT2D eigenvalue weighted by atomic mass is 19.1. The van der Waals surface area contributed by atoms with Crippen molar-refractivity contribution in [3.05, 3.63) is 100 Å². The molecule has 2 aromatic carbocycles. The van der Waals surface area contributed by atoms with E-state index in [-0.39, 0.29) is 11.4 Å². The molecule has 0 radical (unpaired) electrons. The molecule has 0 saturated heterocycles. The number of rotatable bonds is 5. The van der Waals surface area contributed by atoms with Gasteiger partial charge in [-0.3, -0.25) is 4.79 Å². The van der Waals surface area contributed by atoms with Crippen molar-refractivity contribution in [1.29, 1.82) is 0 Å². The van der Waals surface area contributed by atoms with Crippen molar-refractivity contribution in [3.63, 3.8) is 0 Å². The summed E-state index contributed by atoms with van der Waals surface area (Å²) < 4.78 is 15.5. The Kier molecular flexibility index (Phi) is 4.61. The standard InChI is InChI=1S/C21H17FN4O/c22-18-5-3-4-17-20(18)24-14-25-21(17)23-12-15-7-9-16(10-8-15)13-26-11-2-1-6-19(26)27/h1-11,14H,12-13H2,(H,23,24,25). The molecule has 4 rings (SSSR count). The third kappa shape index (κ3) is 3.69. The number of aromatic nitrogens is 3. The van der Waals surface area contributed by atoms with E-state index in [1.54, 1.807) is 35.0 Å². The number of nitrogens with zero attached hydrogens (tertiary/aromatic N) is 3. The van der Waals surface area contributed by atoms with Gasteiger partial charge in [-0.1, -0.05) is 36.4 Å². The Hall–Kier alpha value is -3.54. The maximum Gasteiger partial charge on any atom is 0.250 e. The zero-order valence-corrected chi connectivity index (χ0v) is 14.5. The topological polar surface area (TPSA) is 59.8 Å². The van der Waals surface area contributed by atoms with Gasteiger partial charge in [0.1, 0.15) is 23.5 Å². The summed E-state index contributed by atoms with van der Waals surface area (Å²) in [6, 6.07) is 17.9. The van der Waals surface area contributed by atoms with Crippen LogP contribution in [0.4, 0.5) is 10.2 Å². The van der Waals surface area contributed by atoms with Crippen molar-refractivity contribution < 1.29 is 4.39 Å². The predicted octanol–water partition coefficient (Wildman–Crippen LogP) is 3.59. The second-order valence-corrected chi connectivity index (χ2v) is 6.20. The van der Waals surface area contributed by atoms with Crippen LogP contribution in [-0.2, 0) is 13.1 Å². The number of hydrogen-bond donors (Lipinski definition) is 1. The molecule has 6 heteroatoms. The Balaban J connectivity index is 1.48. The molecule has 134 valence electrons. The van der Waals surface area contributed by atoms with Crippen LogP contribution < -0.4 is 10.9 Å². The minimum Gasteiger partial charge on any atom is -0.365 e. The van der Waals surface area contributed by atoms with Gasteiger partial charge in [0.05, 0.1) is 6.54 Å². The van der Waals surface area contributed by atoms with E-state index in [9.17, 15) is 9.18 Å². The van der Waals surface area contributed by atoms with Crippen molar-refractivity contribution in [2.75, 3.05) is 5.32 Å². The molecular weight excluding hydrogens is 343 g/mol. The van der Waals surface area contributed by atoms with Gasteiger partial charge in [0.25, 0.3) is 5.56 Å². The van der Waals surface area contributed by atoms with E-state index in [1.165, 1.54) is 12.4 Å². The molecule has 0 atom stereocenters. The molecule has 1 N–H and O–H groups in total. The SMILES string of the molecule is O=c1ccccn1Cc1ccc(CNc2ncnc3c(F)cccc23)cc1. The quantitative estimate of drug-likeness (QED) is 0.591. The Morgan fingerprint density at radius 2 is 1.74 bits per heavy atom. The monoisotopic (exact) mass is 360 g/mol. The van der Waals surface area contributed by atoms with Crippen molar-refractivity contribution in [2.45, 2.75) is 13.1 Å². The molecule has 0 spiro atoms. The van der Waals surface area contributed by atoms with E-state index in [4.69, 9.17) is 0 Å². The highest BCUT2D eigenvalue weighted by molar-refractivity contribution is 5.89. The molecule has 0 amide bonds. The van der Waals surface area contributed by atoms with Crippen molar-refractivity contribution >= 4 is 16.7 Å². The van der Waals surface area contributed by atoms with Crippen molar-refractivity contribution in [2.24, 2.45) is 0 Å². The number of pyridine rings is 1. The zero-order valence-electron chi connectivity index (χ0n) is 14.5. The van der Waals surface area contributed by atoms with Gasteiger partial charge in [0, 0.05) is 24.2 Å². The van der Waals surface area contributed by atoms with E-state index < -0.39 is 0 Å². The van der Waals surface area contributed by atoms with Gasteiger partial charge in [-0.15, -0.1) is 0 Å². The molecule has 0 fully saturated rings. The number of nitrogens with one attached hydrogen (secondary N) is 1. The molecule has 0 bridgehead atoms. The molecule has 0 aliphatic rings. The number of para-hydroxylation sites is 1. The molecular formula is C21H17FN4O. The van der Waals surface area contributed by atoms with Gasteiger partial charge in [-0.2, -0.15) is 0 Å². The lowest BCUT2D eigenvalue weighted by atomic mass is 10.1.